The van der Waals surface area contributed by atoms with E-state index in [0.29, 0.717) is 25.3 Å². The van der Waals surface area contributed by atoms with Gasteiger partial charge in [0.15, 0.2) is 11.5 Å². The van der Waals surface area contributed by atoms with E-state index in [2.05, 4.69) is 15.4 Å². The highest BCUT2D eigenvalue weighted by Crippen LogP contribution is 2.37. The van der Waals surface area contributed by atoms with Gasteiger partial charge < -0.3 is 5.32 Å². The van der Waals surface area contributed by atoms with E-state index in [1.807, 2.05) is 6.92 Å². The zero-order valence-electron chi connectivity index (χ0n) is 8.50. The quantitative estimate of drug-likeness (QED) is 0.719. The van der Waals surface area contributed by atoms with Crippen molar-refractivity contribution in [2.45, 2.75) is 19.0 Å². The number of piperidine rings is 1. The second-order valence-corrected chi connectivity index (χ2v) is 3.92. The van der Waals surface area contributed by atoms with Crippen molar-refractivity contribution >= 4 is 0 Å². The fraction of sp³-hybridized carbons (Fsp3) is 0.778. The van der Waals surface area contributed by atoms with Crippen molar-refractivity contribution in [1.29, 1.82) is 0 Å². The first-order chi connectivity index (χ1) is 6.64. The van der Waals surface area contributed by atoms with Crippen molar-refractivity contribution in [1.82, 2.24) is 20.1 Å². The topological polar surface area (TPSA) is 42.7 Å². The van der Waals surface area contributed by atoms with E-state index in [1.54, 1.807) is 7.05 Å². The number of rotatable bonds is 1. The van der Waals surface area contributed by atoms with E-state index in [-0.39, 0.29) is 5.92 Å². The van der Waals surface area contributed by atoms with Gasteiger partial charge >= 0.3 is 0 Å². The highest BCUT2D eigenvalue weighted by atomic mass is 19.1. The van der Waals surface area contributed by atoms with Gasteiger partial charge in [-0.25, -0.2) is 9.37 Å². The van der Waals surface area contributed by atoms with Gasteiger partial charge in [0.2, 0.25) is 0 Å². The third kappa shape index (κ3) is 1.32. The Morgan fingerprint density at radius 1 is 1.71 bits per heavy atom. The van der Waals surface area contributed by atoms with E-state index in [0.717, 1.165) is 0 Å². The van der Waals surface area contributed by atoms with E-state index in [9.17, 15) is 4.39 Å². The van der Waals surface area contributed by atoms with E-state index in [4.69, 9.17) is 0 Å². The van der Waals surface area contributed by atoms with E-state index >= 15 is 0 Å². The van der Waals surface area contributed by atoms with Crippen molar-refractivity contribution in [2.24, 2.45) is 13.0 Å². The second kappa shape index (κ2) is 3.31. The molecule has 1 aromatic heterocycles. The summed E-state index contributed by atoms with van der Waals surface area (Å²) in [6.45, 7) is 3.30. The SMILES string of the molecule is CC1CNCCC1(F)c1ncnn1C. The molecule has 2 rings (SSSR count). The summed E-state index contributed by atoms with van der Waals surface area (Å²) < 4.78 is 16.2. The number of hydrogen-bond donors (Lipinski definition) is 1. The van der Waals surface area contributed by atoms with Crippen LogP contribution in [0, 0.1) is 5.92 Å². The summed E-state index contributed by atoms with van der Waals surface area (Å²) in [5.41, 5.74) is -1.32. The molecule has 1 saturated heterocycles. The Balaban J connectivity index is 2.34. The molecule has 4 nitrogen and oxygen atoms in total. The first kappa shape index (κ1) is 9.58. The Morgan fingerprint density at radius 2 is 2.50 bits per heavy atom. The molecule has 0 amide bonds. The number of halogens is 1. The lowest BCUT2D eigenvalue weighted by atomic mass is 9.84. The number of alkyl halides is 1. The Labute approximate surface area is 82.5 Å². The van der Waals surface area contributed by atoms with Gasteiger partial charge in [0, 0.05) is 25.9 Å². The van der Waals surface area contributed by atoms with Crippen molar-refractivity contribution in [3.8, 4) is 0 Å². The van der Waals surface area contributed by atoms with Crippen LogP contribution in [0.5, 0.6) is 0 Å². The van der Waals surface area contributed by atoms with Gasteiger partial charge in [-0.2, -0.15) is 5.10 Å². The third-order valence-electron chi connectivity index (χ3n) is 2.98. The van der Waals surface area contributed by atoms with Crippen LogP contribution in [0.1, 0.15) is 19.2 Å². The number of aryl methyl sites for hydroxylation is 1. The summed E-state index contributed by atoms with van der Waals surface area (Å²) in [6, 6.07) is 0. The lowest BCUT2D eigenvalue weighted by molar-refractivity contribution is 0.0418. The van der Waals surface area contributed by atoms with Gasteiger partial charge in [-0.1, -0.05) is 6.92 Å². The molecule has 5 heteroatoms. The molecule has 0 spiro atoms. The molecule has 0 aliphatic carbocycles. The smallest absolute Gasteiger partial charge is 0.174 e. The molecule has 0 saturated carbocycles. The Kier molecular flexibility index (Phi) is 2.26. The van der Waals surface area contributed by atoms with Crippen molar-refractivity contribution in [3.63, 3.8) is 0 Å². The molecular formula is C9H15FN4. The Hall–Kier alpha value is -0.970. The van der Waals surface area contributed by atoms with Crippen LogP contribution in [-0.2, 0) is 12.7 Å². The van der Waals surface area contributed by atoms with Crippen LogP contribution in [0.4, 0.5) is 4.39 Å². The number of nitrogens with zero attached hydrogens (tertiary/aromatic N) is 3. The molecule has 1 aliphatic heterocycles. The molecule has 78 valence electrons. The summed E-state index contributed by atoms with van der Waals surface area (Å²) in [5, 5.41) is 7.09. The maximum absolute atomic E-state index is 14.6. The van der Waals surface area contributed by atoms with E-state index in [1.165, 1.54) is 11.0 Å². The lowest BCUT2D eigenvalue weighted by Gasteiger charge is -2.34. The zero-order chi connectivity index (χ0) is 10.2. The predicted octanol–water partition coefficient (Wildman–Crippen LogP) is 0.609. The van der Waals surface area contributed by atoms with Crippen LogP contribution in [0.25, 0.3) is 0 Å². The largest absolute Gasteiger partial charge is 0.316 e. The van der Waals surface area contributed by atoms with Crippen molar-refractivity contribution in [2.75, 3.05) is 13.1 Å². The highest BCUT2D eigenvalue weighted by Gasteiger charge is 2.43. The van der Waals surface area contributed by atoms with Gasteiger partial charge in [0.05, 0.1) is 0 Å². The van der Waals surface area contributed by atoms with E-state index < -0.39 is 5.67 Å². The molecule has 2 unspecified atom stereocenters. The Bertz CT molecular complexity index is 324. The summed E-state index contributed by atoms with van der Waals surface area (Å²) in [7, 11) is 1.73. The van der Waals surface area contributed by atoms with Crippen LogP contribution in [0.15, 0.2) is 6.33 Å². The van der Waals surface area contributed by atoms with Crippen molar-refractivity contribution < 1.29 is 4.39 Å². The molecule has 0 radical (unpaired) electrons. The average molecular weight is 198 g/mol. The van der Waals surface area contributed by atoms with Gasteiger partial charge in [-0.3, -0.25) is 4.68 Å². The molecule has 1 aromatic rings. The number of aromatic nitrogens is 3. The fourth-order valence-electron chi connectivity index (χ4n) is 2.00. The zero-order valence-corrected chi connectivity index (χ0v) is 8.50. The standard InChI is InChI=1S/C9H15FN4/c1-7-5-11-4-3-9(7,10)8-12-6-13-14(8)2/h6-7,11H,3-5H2,1-2H3. The second-order valence-electron chi connectivity index (χ2n) is 3.92. The van der Waals surface area contributed by atoms with Crippen LogP contribution in [-0.4, -0.2) is 27.9 Å². The first-order valence-electron chi connectivity index (χ1n) is 4.88. The molecular weight excluding hydrogens is 183 g/mol. The highest BCUT2D eigenvalue weighted by molar-refractivity contribution is 5.06. The van der Waals surface area contributed by atoms with Crippen molar-refractivity contribution in [3.05, 3.63) is 12.2 Å². The lowest BCUT2D eigenvalue weighted by Crippen LogP contribution is -2.45. The summed E-state index contributed by atoms with van der Waals surface area (Å²) in [4.78, 5) is 4.01. The fourth-order valence-corrected chi connectivity index (χ4v) is 2.00. The van der Waals surface area contributed by atoms with Crippen LogP contribution in [0.3, 0.4) is 0 Å². The van der Waals surface area contributed by atoms with Gasteiger partial charge in [-0.05, 0) is 6.54 Å². The molecule has 0 bridgehead atoms. The summed E-state index contributed by atoms with van der Waals surface area (Å²) in [5.74, 6) is 0.394. The number of hydrogen-bond acceptors (Lipinski definition) is 3. The maximum Gasteiger partial charge on any atom is 0.174 e. The molecule has 14 heavy (non-hydrogen) atoms. The molecule has 0 aromatic carbocycles. The Morgan fingerprint density at radius 3 is 3.07 bits per heavy atom. The molecule has 1 fully saturated rings. The monoisotopic (exact) mass is 198 g/mol. The minimum absolute atomic E-state index is 0.0563. The molecule has 2 heterocycles. The minimum Gasteiger partial charge on any atom is -0.316 e. The van der Waals surface area contributed by atoms with Gasteiger partial charge in [-0.15, -0.1) is 0 Å². The predicted molar refractivity (Wildman–Crippen MR) is 50.4 cm³/mol. The van der Waals surface area contributed by atoms with Crippen LogP contribution >= 0.6 is 0 Å². The molecule has 1 aliphatic rings. The maximum atomic E-state index is 14.6. The molecule has 1 N–H and O–H groups in total. The normalized spacial score (nSPS) is 33.2. The van der Waals surface area contributed by atoms with Crippen LogP contribution < -0.4 is 5.32 Å². The molecule has 2 atom stereocenters. The first-order valence-corrected chi connectivity index (χ1v) is 4.88. The summed E-state index contributed by atoms with van der Waals surface area (Å²) >= 11 is 0. The number of nitrogens with one attached hydrogen (secondary N) is 1. The van der Waals surface area contributed by atoms with Crippen LogP contribution in [0.2, 0.25) is 0 Å². The minimum atomic E-state index is -1.32. The van der Waals surface area contributed by atoms with Gasteiger partial charge in [0.25, 0.3) is 0 Å². The van der Waals surface area contributed by atoms with Gasteiger partial charge in [0.1, 0.15) is 6.33 Å². The third-order valence-corrected chi connectivity index (χ3v) is 2.98. The summed E-state index contributed by atoms with van der Waals surface area (Å²) in [6.07, 6.45) is 1.88. The average Bonchev–Trinajstić information content (AvgIpc) is 2.57.